The Hall–Kier alpha value is -2.32. The van der Waals surface area contributed by atoms with Gasteiger partial charge in [0.05, 0.1) is 20.3 Å². The van der Waals surface area contributed by atoms with E-state index in [0.717, 1.165) is 56.4 Å². The van der Waals surface area contributed by atoms with Crippen LogP contribution < -0.4 is 20.1 Å². The Morgan fingerprint density at radius 2 is 1.60 bits per heavy atom. The van der Waals surface area contributed by atoms with Crippen molar-refractivity contribution in [2.45, 2.75) is 64.7 Å². The van der Waals surface area contributed by atoms with E-state index < -0.39 is 0 Å². The van der Waals surface area contributed by atoms with Gasteiger partial charge in [-0.1, -0.05) is 32.3 Å². The number of hydrogen-bond donors (Lipinski definition) is 2. The summed E-state index contributed by atoms with van der Waals surface area (Å²) in [5.41, 5.74) is 1.24. The molecule has 0 aromatic heterocycles. The lowest BCUT2D eigenvalue weighted by Crippen LogP contribution is -2.31. The van der Waals surface area contributed by atoms with Crippen LogP contribution in [0, 0.1) is 5.92 Å². The van der Waals surface area contributed by atoms with Gasteiger partial charge in [0.1, 0.15) is 0 Å². The van der Waals surface area contributed by atoms with E-state index >= 15 is 0 Å². The Labute approximate surface area is 211 Å². The average molecular weight is 495 g/mol. The Morgan fingerprint density at radius 1 is 0.829 bits per heavy atom. The van der Waals surface area contributed by atoms with Crippen molar-refractivity contribution in [3.8, 4) is 11.5 Å². The molecule has 0 heterocycles. The fraction of sp³-hybridized carbons (Fsp3) is 0.704. The molecule has 200 valence electrons. The Bertz CT molecular complexity index is 713. The van der Waals surface area contributed by atoms with Crippen molar-refractivity contribution in [2.75, 3.05) is 54.2 Å². The molecule has 0 radical (unpaired) electrons. The first-order chi connectivity index (χ1) is 17.0. The van der Waals surface area contributed by atoms with Crippen LogP contribution in [0.5, 0.6) is 11.5 Å². The van der Waals surface area contributed by atoms with Crippen LogP contribution in [-0.4, -0.2) is 66.1 Å². The van der Waals surface area contributed by atoms with E-state index in [1.54, 1.807) is 21.3 Å². The minimum absolute atomic E-state index is 0.00932. The molecule has 8 heteroatoms. The quantitative estimate of drug-likeness (QED) is 0.252. The average Bonchev–Trinajstić information content (AvgIpc) is 2.86. The van der Waals surface area contributed by atoms with Gasteiger partial charge in [0.2, 0.25) is 11.8 Å². The van der Waals surface area contributed by atoms with Crippen molar-refractivity contribution >= 4 is 11.8 Å². The van der Waals surface area contributed by atoms with Crippen LogP contribution in [0.25, 0.3) is 0 Å². The number of methoxy groups -OCH3 is 3. The highest BCUT2D eigenvalue weighted by Crippen LogP contribution is 2.29. The summed E-state index contributed by atoms with van der Waals surface area (Å²) in [6.07, 6.45) is 8.13. The molecule has 0 aliphatic carbocycles. The summed E-state index contributed by atoms with van der Waals surface area (Å²) in [6, 6.07) is 6.13. The predicted molar refractivity (Wildman–Crippen MR) is 138 cm³/mol. The minimum atomic E-state index is -0.00943. The Balaban J connectivity index is 2.16. The molecule has 2 N–H and O–H groups in total. The predicted octanol–water partition coefficient (Wildman–Crippen LogP) is 3.90. The van der Waals surface area contributed by atoms with Crippen LogP contribution in [0.4, 0.5) is 0 Å². The highest BCUT2D eigenvalue weighted by Gasteiger charge is 2.12. The summed E-state index contributed by atoms with van der Waals surface area (Å²) in [6.45, 7) is 4.80. The van der Waals surface area contributed by atoms with Crippen molar-refractivity contribution in [2.24, 2.45) is 5.92 Å². The number of aryl methyl sites for hydroxylation is 1. The van der Waals surface area contributed by atoms with Gasteiger partial charge in [-0.05, 0) is 43.4 Å². The van der Waals surface area contributed by atoms with Gasteiger partial charge in [0.25, 0.3) is 0 Å². The number of unbranched alkanes of at least 4 members (excludes halogenated alkanes) is 3. The molecule has 1 atom stereocenters. The van der Waals surface area contributed by atoms with Crippen molar-refractivity contribution in [1.82, 2.24) is 10.6 Å². The van der Waals surface area contributed by atoms with Crippen LogP contribution in [0.1, 0.15) is 63.9 Å². The van der Waals surface area contributed by atoms with Gasteiger partial charge >= 0.3 is 0 Å². The van der Waals surface area contributed by atoms with Gasteiger partial charge in [-0.25, -0.2) is 0 Å². The lowest BCUT2D eigenvalue weighted by molar-refractivity contribution is -0.125. The van der Waals surface area contributed by atoms with Crippen LogP contribution in [0.3, 0.4) is 0 Å². The van der Waals surface area contributed by atoms with Crippen LogP contribution in [0.2, 0.25) is 0 Å². The van der Waals surface area contributed by atoms with E-state index in [4.69, 9.17) is 18.9 Å². The normalized spacial score (nSPS) is 11.7. The number of benzene rings is 1. The second-order valence-corrected chi connectivity index (χ2v) is 8.77. The Kier molecular flexibility index (Phi) is 17.5. The van der Waals surface area contributed by atoms with Crippen molar-refractivity contribution in [1.29, 1.82) is 0 Å². The van der Waals surface area contributed by atoms with Crippen molar-refractivity contribution in [3.05, 3.63) is 23.8 Å². The summed E-state index contributed by atoms with van der Waals surface area (Å²) >= 11 is 0. The zero-order valence-electron chi connectivity index (χ0n) is 22.2. The van der Waals surface area contributed by atoms with Gasteiger partial charge in [0, 0.05) is 52.7 Å². The molecule has 0 unspecified atom stereocenters. The van der Waals surface area contributed by atoms with Gasteiger partial charge in [-0.2, -0.15) is 0 Å². The molecule has 0 aliphatic rings. The maximum absolute atomic E-state index is 12.2. The highest BCUT2D eigenvalue weighted by atomic mass is 16.5. The van der Waals surface area contributed by atoms with Crippen LogP contribution in [0.15, 0.2) is 18.2 Å². The summed E-state index contributed by atoms with van der Waals surface area (Å²) < 4.78 is 21.2. The molecule has 2 amide bonds. The van der Waals surface area contributed by atoms with Crippen LogP contribution in [-0.2, 0) is 25.5 Å². The topological polar surface area (TPSA) is 95.1 Å². The molecule has 8 nitrogen and oxygen atoms in total. The molecule has 0 saturated heterocycles. The molecular formula is C27H46N2O6. The molecular weight excluding hydrogens is 448 g/mol. The van der Waals surface area contributed by atoms with Crippen LogP contribution >= 0.6 is 0 Å². The van der Waals surface area contributed by atoms with E-state index in [1.165, 1.54) is 5.56 Å². The summed E-state index contributed by atoms with van der Waals surface area (Å²) in [5, 5.41) is 5.72. The number of amides is 2. The minimum Gasteiger partial charge on any atom is -0.493 e. The van der Waals surface area contributed by atoms with Crippen molar-refractivity contribution in [3.63, 3.8) is 0 Å². The lowest BCUT2D eigenvalue weighted by Gasteiger charge is -2.13. The largest absolute Gasteiger partial charge is 0.493 e. The molecule has 0 saturated carbocycles. The van der Waals surface area contributed by atoms with Gasteiger partial charge < -0.3 is 29.6 Å². The molecule has 1 aromatic rings. The van der Waals surface area contributed by atoms with E-state index in [2.05, 4.69) is 22.8 Å². The standard InChI is InChI=1S/C27H46N2O6/c1-22(27(31)29-16-9-13-26(30)28-17-20-33-3)11-7-5-6-8-12-23-14-15-24(34-4)25(21-23)35-19-10-18-32-2/h14-15,21-22H,5-13,16-20H2,1-4H3,(H,28,30)(H,29,31)/t22-/m1/s1. The third-order valence-electron chi connectivity index (χ3n) is 5.79. The van der Waals surface area contributed by atoms with E-state index in [1.807, 2.05) is 13.0 Å². The van der Waals surface area contributed by atoms with E-state index in [-0.39, 0.29) is 17.7 Å². The number of ether oxygens (including phenoxy) is 4. The molecule has 0 spiro atoms. The monoisotopic (exact) mass is 494 g/mol. The first-order valence-corrected chi connectivity index (χ1v) is 12.8. The second kappa shape index (κ2) is 19.9. The van der Waals surface area contributed by atoms with E-state index in [9.17, 15) is 9.59 Å². The maximum atomic E-state index is 12.2. The smallest absolute Gasteiger partial charge is 0.222 e. The molecule has 0 fully saturated rings. The number of hydrogen-bond acceptors (Lipinski definition) is 6. The fourth-order valence-corrected chi connectivity index (χ4v) is 3.65. The first kappa shape index (κ1) is 30.7. The molecule has 35 heavy (non-hydrogen) atoms. The zero-order valence-corrected chi connectivity index (χ0v) is 22.2. The SMILES string of the molecule is COCCCOc1cc(CCCCCC[C@@H](C)C(=O)NCCCC(=O)NCCOC)ccc1OC. The number of carbonyl (C=O) groups is 2. The maximum Gasteiger partial charge on any atom is 0.222 e. The Morgan fingerprint density at radius 3 is 2.34 bits per heavy atom. The zero-order chi connectivity index (χ0) is 25.7. The number of rotatable bonds is 21. The first-order valence-electron chi connectivity index (χ1n) is 12.8. The molecule has 1 aromatic carbocycles. The molecule has 0 aliphatic heterocycles. The summed E-state index contributed by atoms with van der Waals surface area (Å²) in [7, 11) is 4.94. The summed E-state index contributed by atoms with van der Waals surface area (Å²) in [5.74, 6) is 1.59. The van der Waals surface area contributed by atoms with Gasteiger partial charge in [0.15, 0.2) is 11.5 Å². The van der Waals surface area contributed by atoms with Gasteiger partial charge in [-0.3, -0.25) is 9.59 Å². The second-order valence-electron chi connectivity index (χ2n) is 8.77. The lowest BCUT2D eigenvalue weighted by atomic mass is 10.00. The third-order valence-corrected chi connectivity index (χ3v) is 5.79. The van der Waals surface area contributed by atoms with Gasteiger partial charge in [-0.15, -0.1) is 0 Å². The fourth-order valence-electron chi connectivity index (χ4n) is 3.65. The summed E-state index contributed by atoms with van der Waals surface area (Å²) in [4.78, 5) is 23.9. The number of nitrogens with one attached hydrogen (secondary N) is 2. The van der Waals surface area contributed by atoms with E-state index in [0.29, 0.717) is 45.8 Å². The highest BCUT2D eigenvalue weighted by molar-refractivity contribution is 5.78. The number of carbonyl (C=O) groups excluding carboxylic acids is 2. The molecule has 0 bridgehead atoms. The van der Waals surface area contributed by atoms with Crippen molar-refractivity contribution < 1.29 is 28.5 Å². The molecule has 1 rings (SSSR count). The third kappa shape index (κ3) is 14.6.